The molecule has 0 unspecified atom stereocenters. The maximum atomic E-state index is 6.67. The SMILES string of the molecule is CC1(C)N=C(c2cc(-c3ccc4c(c3)B3c5cc(-c6ccnc(C7=NC(C)(C)C(C)(C)N7c7ccccc7)c6)ccc5Oc5cccc(c53)O4)ccn2)N(c2ccccc2)C1(C)C. The Morgan fingerprint density at radius 1 is 0.429 bits per heavy atom. The average Bonchev–Trinajstić information content (AvgIpc) is 3.61. The number of para-hydroxylation sites is 2. The number of anilines is 2. The van der Waals surface area contributed by atoms with Gasteiger partial charge in [0.15, 0.2) is 11.7 Å². The van der Waals surface area contributed by atoms with Gasteiger partial charge in [-0.3, -0.25) is 20.0 Å². The van der Waals surface area contributed by atoms with Gasteiger partial charge in [-0.15, -0.1) is 0 Å². The van der Waals surface area contributed by atoms with E-state index >= 15 is 0 Å². The lowest BCUT2D eigenvalue weighted by molar-refractivity contribution is 0.338. The number of pyridine rings is 2. The summed E-state index contributed by atoms with van der Waals surface area (Å²) in [6.07, 6.45) is 3.80. The summed E-state index contributed by atoms with van der Waals surface area (Å²) in [5.41, 5.74) is 10.0. The fourth-order valence-electron chi connectivity index (χ4n) is 9.63. The van der Waals surface area contributed by atoms with Crippen LogP contribution in [0.1, 0.15) is 66.8 Å². The normalized spacial score (nSPS) is 18.1. The van der Waals surface area contributed by atoms with E-state index in [0.717, 1.165) is 96.1 Å². The summed E-state index contributed by atoms with van der Waals surface area (Å²) in [5, 5.41) is 0. The number of rotatable bonds is 6. The van der Waals surface area contributed by atoms with Gasteiger partial charge in [-0.2, -0.15) is 0 Å². The van der Waals surface area contributed by atoms with Gasteiger partial charge in [0.25, 0.3) is 6.71 Å². The van der Waals surface area contributed by atoms with Gasteiger partial charge in [0, 0.05) is 29.2 Å². The van der Waals surface area contributed by atoms with Gasteiger partial charge in [-0.25, -0.2) is 0 Å². The number of aliphatic imine (C=N–C) groups is 2. The van der Waals surface area contributed by atoms with E-state index < -0.39 is 0 Å². The van der Waals surface area contributed by atoms with Crippen molar-refractivity contribution in [2.75, 3.05) is 9.80 Å². The van der Waals surface area contributed by atoms with E-state index in [1.54, 1.807) is 0 Å². The van der Waals surface area contributed by atoms with Crippen molar-refractivity contribution < 1.29 is 9.47 Å². The zero-order chi connectivity index (χ0) is 43.5. The maximum absolute atomic E-state index is 6.67. The summed E-state index contributed by atoms with van der Waals surface area (Å²) in [6.45, 7) is 17.7. The van der Waals surface area contributed by atoms with Crippen LogP contribution in [0, 0.1) is 0 Å². The minimum absolute atomic E-state index is 0.130. The number of hydrogen-bond acceptors (Lipinski definition) is 8. The Bertz CT molecular complexity index is 2850. The fourth-order valence-corrected chi connectivity index (χ4v) is 9.63. The van der Waals surface area contributed by atoms with E-state index in [1.807, 2.05) is 30.6 Å². The summed E-state index contributed by atoms with van der Waals surface area (Å²) >= 11 is 0. The Morgan fingerprint density at radius 2 is 0.841 bits per heavy atom. The Hall–Kier alpha value is -7.00. The molecule has 0 radical (unpaired) electrons. The van der Waals surface area contributed by atoms with Crippen molar-refractivity contribution in [2.24, 2.45) is 9.98 Å². The van der Waals surface area contributed by atoms with Crippen LogP contribution in [-0.4, -0.2) is 50.5 Å². The lowest BCUT2D eigenvalue weighted by Gasteiger charge is -2.41. The molecule has 0 N–H and O–H groups in total. The highest BCUT2D eigenvalue weighted by molar-refractivity contribution is 6.98. The van der Waals surface area contributed by atoms with Crippen LogP contribution in [0.2, 0.25) is 0 Å². The van der Waals surface area contributed by atoms with E-state index in [2.05, 4.69) is 187 Å². The highest BCUT2D eigenvalue weighted by Crippen LogP contribution is 2.44. The van der Waals surface area contributed by atoms with Gasteiger partial charge >= 0.3 is 0 Å². The molecule has 2 aromatic heterocycles. The van der Waals surface area contributed by atoms with Gasteiger partial charge in [-0.05, 0) is 161 Å². The summed E-state index contributed by atoms with van der Waals surface area (Å²) in [4.78, 5) is 25.2. The van der Waals surface area contributed by atoms with E-state index in [1.165, 1.54) is 0 Å². The van der Waals surface area contributed by atoms with Crippen LogP contribution < -0.4 is 35.7 Å². The van der Waals surface area contributed by atoms with Crippen molar-refractivity contribution in [1.29, 1.82) is 0 Å². The van der Waals surface area contributed by atoms with Crippen molar-refractivity contribution in [3.05, 3.63) is 163 Å². The number of nitrogens with zero attached hydrogens (tertiary/aromatic N) is 6. The van der Waals surface area contributed by atoms with Gasteiger partial charge in [0.2, 0.25) is 0 Å². The first-order valence-corrected chi connectivity index (χ1v) is 21.8. The van der Waals surface area contributed by atoms with Crippen molar-refractivity contribution in [3.8, 4) is 45.3 Å². The lowest BCUT2D eigenvalue weighted by atomic mass is 9.34. The number of aromatic nitrogens is 2. The first kappa shape index (κ1) is 38.9. The van der Waals surface area contributed by atoms with Crippen LogP contribution in [0.3, 0.4) is 0 Å². The largest absolute Gasteiger partial charge is 0.458 e. The molecule has 0 bridgehead atoms. The average molecular weight is 825 g/mol. The third-order valence-corrected chi connectivity index (χ3v) is 14.4. The van der Waals surface area contributed by atoms with Crippen LogP contribution >= 0.6 is 0 Å². The molecule has 0 fully saturated rings. The van der Waals surface area contributed by atoms with Crippen molar-refractivity contribution in [2.45, 2.75) is 77.5 Å². The number of ether oxygens (including phenoxy) is 2. The number of benzene rings is 5. The summed E-state index contributed by atoms with van der Waals surface area (Å²) in [5.74, 6) is 5.00. The highest BCUT2D eigenvalue weighted by Gasteiger charge is 2.51. The quantitative estimate of drug-likeness (QED) is 0.156. The lowest BCUT2D eigenvalue weighted by Crippen LogP contribution is -2.57. The van der Waals surface area contributed by atoms with Crippen molar-refractivity contribution in [3.63, 3.8) is 0 Å². The van der Waals surface area contributed by atoms with E-state index in [4.69, 9.17) is 29.4 Å². The molecule has 0 spiro atoms. The van der Waals surface area contributed by atoms with Crippen LogP contribution in [-0.2, 0) is 0 Å². The first-order valence-electron chi connectivity index (χ1n) is 21.8. The van der Waals surface area contributed by atoms with Crippen molar-refractivity contribution in [1.82, 2.24) is 9.97 Å². The fraction of sp³-hybridized carbons (Fsp3) is 0.222. The molecule has 0 aliphatic carbocycles. The molecule has 0 amide bonds. The van der Waals surface area contributed by atoms with E-state index in [-0.39, 0.29) is 28.9 Å². The Kier molecular flexibility index (Phi) is 8.49. The molecule has 310 valence electrons. The van der Waals surface area contributed by atoms with Crippen LogP contribution in [0.5, 0.6) is 23.0 Å². The molecule has 6 heterocycles. The molecule has 0 atom stereocenters. The molecule has 0 saturated carbocycles. The second-order valence-electron chi connectivity index (χ2n) is 19.1. The predicted octanol–water partition coefficient (Wildman–Crippen LogP) is 10.2. The van der Waals surface area contributed by atoms with Crippen molar-refractivity contribution >= 4 is 46.1 Å². The standard InChI is InChI=1S/C54H49BN6O2/c1-51(2)53(5,6)60(38-16-11-9-12-17-38)49(58-51)42-32-36(26-28-56-42)34-22-24-44-40(30-34)55-41-31-35(23-25-45(41)63-47-21-15-20-46(62-44)48(47)55)37-27-29-57-43(33-37)50-59-52(3,4)54(7,8)61(50)39-18-13-10-14-19-39/h9-33H,1-8H3. The number of amidine groups is 2. The molecule has 7 aromatic rings. The minimum Gasteiger partial charge on any atom is -0.458 e. The maximum Gasteiger partial charge on any atom is 0.260 e. The molecule has 5 aromatic carbocycles. The molecule has 8 nitrogen and oxygen atoms in total. The summed E-state index contributed by atoms with van der Waals surface area (Å²) in [6, 6.07) is 48.7. The van der Waals surface area contributed by atoms with Crippen LogP contribution in [0.15, 0.2) is 162 Å². The number of hydrogen-bond donors (Lipinski definition) is 0. The molecule has 63 heavy (non-hydrogen) atoms. The first-order chi connectivity index (χ1) is 30.2. The molecule has 0 saturated heterocycles. The predicted molar refractivity (Wildman–Crippen MR) is 258 cm³/mol. The number of fused-ring (bicyclic) bond motifs is 4. The molecular formula is C54H49BN6O2. The third-order valence-electron chi connectivity index (χ3n) is 14.4. The summed E-state index contributed by atoms with van der Waals surface area (Å²) in [7, 11) is 0. The third kappa shape index (κ3) is 5.96. The monoisotopic (exact) mass is 824 g/mol. The van der Waals surface area contributed by atoms with Gasteiger partial charge in [-0.1, -0.05) is 66.7 Å². The Labute approximate surface area is 370 Å². The highest BCUT2D eigenvalue weighted by atomic mass is 16.5. The molecular weight excluding hydrogens is 775 g/mol. The molecule has 9 heteroatoms. The smallest absolute Gasteiger partial charge is 0.260 e. The zero-order valence-electron chi connectivity index (χ0n) is 37.0. The Morgan fingerprint density at radius 3 is 1.27 bits per heavy atom. The van der Waals surface area contributed by atoms with Gasteiger partial charge in [0.1, 0.15) is 34.4 Å². The molecule has 11 rings (SSSR count). The van der Waals surface area contributed by atoms with Gasteiger partial charge in [0.05, 0.1) is 22.2 Å². The zero-order valence-corrected chi connectivity index (χ0v) is 37.0. The second-order valence-corrected chi connectivity index (χ2v) is 19.1. The Balaban J connectivity index is 0.993. The summed E-state index contributed by atoms with van der Waals surface area (Å²) < 4.78 is 13.3. The topological polar surface area (TPSA) is 75.4 Å². The molecule has 4 aliphatic heterocycles. The minimum atomic E-state index is -0.349. The second kappa shape index (κ2) is 13.8. The van der Waals surface area contributed by atoms with Crippen LogP contribution in [0.25, 0.3) is 22.3 Å². The molecule has 4 aliphatic rings. The van der Waals surface area contributed by atoms with Crippen LogP contribution in [0.4, 0.5) is 11.4 Å². The van der Waals surface area contributed by atoms with E-state index in [9.17, 15) is 0 Å². The van der Waals surface area contributed by atoms with E-state index in [0.29, 0.717) is 0 Å². The van der Waals surface area contributed by atoms with Gasteiger partial charge < -0.3 is 19.3 Å².